The van der Waals surface area contributed by atoms with Crippen LogP contribution in [-0.2, 0) is 22.5 Å². The molecule has 0 spiro atoms. The van der Waals surface area contributed by atoms with E-state index in [0.29, 0.717) is 23.1 Å². The Morgan fingerprint density at radius 1 is 0.971 bits per heavy atom. The van der Waals surface area contributed by atoms with Crippen molar-refractivity contribution in [3.05, 3.63) is 82.4 Å². The molecular weight excluding hydrogens is 459 g/mol. The van der Waals surface area contributed by atoms with Crippen molar-refractivity contribution < 1.29 is 32.2 Å². The van der Waals surface area contributed by atoms with Gasteiger partial charge in [-0.05, 0) is 88.1 Å². The van der Waals surface area contributed by atoms with Crippen molar-refractivity contribution in [1.29, 1.82) is 0 Å². The van der Waals surface area contributed by atoms with E-state index in [1.807, 2.05) is 26.0 Å². The molecule has 0 aliphatic carbocycles. The zero-order chi connectivity index (χ0) is 26.2. The number of ether oxygens (including phenoxy) is 2. The van der Waals surface area contributed by atoms with Crippen LogP contribution in [0, 0.1) is 0 Å². The SMILES string of the molecule is CC(C)=CCc1cc(/C=C/C(=O)OC(C)(C)C)cc(C(=O)NCc2ccc(OC(F)(F)F)cc2)c1. The third-order valence-electron chi connectivity index (χ3n) is 4.45. The van der Waals surface area contributed by atoms with Crippen LogP contribution in [0.25, 0.3) is 6.08 Å². The lowest BCUT2D eigenvalue weighted by Gasteiger charge is -2.17. The first-order valence-electron chi connectivity index (χ1n) is 11.0. The fourth-order valence-electron chi connectivity index (χ4n) is 2.98. The van der Waals surface area contributed by atoms with Gasteiger partial charge in [-0.2, -0.15) is 0 Å². The maximum absolute atomic E-state index is 12.8. The third-order valence-corrected chi connectivity index (χ3v) is 4.45. The lowest BCUT2D eigenvalue weighted by molar-refractivity contribution is -0.274. The van der Waals surface area contributed by atoms with E-state index in [9.17, 15) is 22.8 Å². The molecular formula is C27H30F3NO4. The molecule has 0 fully saturated rings. The summed E-state index contributed by atoms with van der Waals surface area (Å²) in [6, 6.07) is 10.6. The van der Waals surface area contributed by atoms with Crippen molar-refractivity contribution in [2.24, 2.45) is 0 Å². The largest absolute Gasteiger partial charge is 0.573 e. The minimum absolute atomic E-state index is 0.117. The number of hydrogen-bond donors (Lipinski definition) is 1. The summed E-state index contributed by atoms with van der Waals surface area (Å²) in [5.74, 6) is -1.18. The molecule has 35 heavy (non-hydrogen) atoms. The number of rotatable bonds is 8. The number of benzene rings is 2. The molecule has 0 saturated heterocycles. The number of carbonyl (C=O) groups is 2. The van der Waals surface area contributed by atoms with Crippen molar-refractivity contribution >= 4 is 18.0 Å². The number of hydrogen-bond acceptors (Lipinski definition) is 4. The Morgan fingerprint density at radius 2 is 1.63 bits per heavy atom. The van der Waals surface area contributed by atoms with Crippen LogP contribution in [0.1, 0.15) is 61.7 Å². The van der Waals surface area contributed by atoms with Gasteiger partial charge in [-0.3, -0.25) is 4.79 Å². The zero-order valence-corrected chi connectivity index (χ0v) is 20.5. The monoisotopic (exact) mass is 489 g/mol. The zero-order valence-electron chi connectivity index (χ0n) is 20.5. The Labute approximate surface area is 203 Å². The van der Waals surface area contributed by atoms with E-state index in [4.69, 9.17) is 4.74 Å². The van der Waals surface area contributed by atoms with Crippen molar-refractivity contribution in [3.8, 4) is 5.75 Å². The lowest BCUT2D eigenvalue weighted by Crippen LogP contribution is -2.23. The molecule has 2 rings (SSSR count). The highest BCUT2D eigenvalue weighted by atomic mass is 19.4. The predicted octanol–water partition coefficient (Wildman–Crippen LogP) is 6.38. The average molecular weight is 490 g/mol. The van der Waals surface area contributed by atoms with E-state index in [-0.39, 0.29) is 18.2 Å². The lowest BCUT2D eigenvalue weighted by atomic mass is 10.0. The highest BCUT2D eigenvalue weighted by molar-refractivity contribution is 5.95. The Hall–Kier alpha value is -3.55. The molecule has 0 aliphatic rings. The smallest absolute Gasteiger partial charge is 0.457 e. The number of nitrogens with one attached hydrogen (secondary N) is 1. The normalized spacial score (nSPS) is 11.8. The summed E-state index contributed by atoms with van der Waals surface area (Å²) in [7, 11) is 0. The molecule has 0 saturated carbocycles. The minimum Gasteiger partial charge on any atom is -0.457 e. The predicted molar refractivity (Wildman–Crippen MR) is 129 cm³/mol. The van der Waals surface area contributed by atoms with E-state index in [1.165, 1.54) is 30.3 Å². The molecule has 8 heteroatoms. The molecule has 0 heterocycles. The first-order chi connectivity index (χ1) is 16.2. The van der Waals surface area contributed by atoms with Gasteiger partial charge in [0.2, 0.25) is 0 Å². The van der Waals surface area contributed by atoms with Crippen LogP contribution < -0.4 is 10.1 Å². The summed E-state index contributed by atoms with van der Waals surface area (Å²) >= 11 is 0. The molecule has 0 aromatic heterocycles. The maximum atomic E-state index is 12.8. The maximum Gasteiger partial charge on any atom is 0.573 e. The molecule has 0 aliphatic heterocycles. The molecule has 1 N–H and O–H groups in total. The summed E-state index contributed by atoms with van der Waals surface area (Å²) in [4.78, 5) is 24.9. The minimum atomic E-state index is -4.76. The highest BCUT2D eigenvalue weighted by Crippen LogP contribution is 2.23. The molecule has 1 amide bonds. The molecule has 2 aromatic carbocycles. The number of carbonyl (C=O) groups excluding carboxylic acids is 2. The average Bonchev–Trinajstić information content (AvgIpc) is 2.73. The van der Waals surface area contributed by atoms with Gasteiger partial charge in [-0.15, -0.1) is 13.2 Å². The van der Waals surface area contributed by atoms with Gasteiger partial charge in [0.05, 0.1) is 0 Å². The summed E-state index contributed by atoms with van der Waals surface area (Å²) in [5, 5.41) is 2.77. The highest BCUT2D eigenvalue weighted by Gasteiger charge is 2.30. The van der Waals surface area contributed by atoms with Crippen LogP contribution >= 0.6 is 0 Å². The van der Waals surface area contributed by atoms with Gasteiger partial charge >= 0.3 is 12.3 Å². The quantitative estimate of drug-likeness (QED) is 0.266. The second kappa shape index (κ2) is 11.7. The molecule has 188 valence electrons. The molecule has 2 aromatic rings. The first kappa shape index (κ1) is 27.7. The number of amides is 1. The molecule has 5 nitrogen and oxygen atoms in total. The van der Waals surface area contributed by atoms with Crippen LogP contribution in [0.5, 0.6) is 5.75 Å². The van der Waals surface area contributed by atoms with E-state index in [2.05, 4.69) is 10.1 Å². The second-order valence-corrected chi connectivity index (χ2v) is 9.19. The van der Waals surface area contributed by atoms with Gasteiger partial charge in [0.1, 0.15) is 11.4 Å². The van der Waals surface area contributed by atoms with Gasteiger partial charge in [-0.25, -0.2) is 4.79 Å². The van der Waals surface area contributed by atoms with Gasteiger partial charge < -0.3 is 14.8 Å². The van der Waals surface area contributed by atoms with E-state index < -0.39 is 17.9 Å². The van der Waals surface area contributed by atoms with Crippen LogP contribution in [-0.4, -0.2) is 23.8 Å². The van der Waals surface area contributed by atoms with Crippen molar-refractivity contribution in [3.63, 3.8) is 0 Å². The fraction of sp³-hybridized carbons (Fsp3) is 0.333. The molecule has 0 atom stereocenters. The van der Waals surface area contributed by atoms with Crippen molar-refractivity contribution in [1.82, 2.24) is 5.32 Å². The second-order valence-electron chi connectivity index (χ2n) is 9.19. The summed E-state index contributed by atoms with van der Waals surface area (Å²) in [6.45, 7) is 9.40. The Balaban J connectivity index is 2.16. The van der Waals surface area contributed by atoms with Crippen LogP contribution in [0.3, 0.4) is 0 Å². The van der Waals surface area contributed by atoms with Crippen LogP contribution in [0.15, 0.2) is 60.2 Å². The van der Waals surface area contributed by atoms with Gasteiger partial charge in [0.15, 0.2) is 0 Å². The van der Waals surface area contributed by atoms with E-state index in [0.717, 1.165) is 11.1 Å². The Morgan fingerprint density at radius 3 is 2.20 bits per heavy atom. The standard InChI is InChI=1S/C27H30F3NO4/c1-18(2)6-7-20-14-21(10-13-24(32)35-26(3,4)5)16-22(15-20)25(33)31-17-19-8-11-23(12-9-19)34-27(28,29)30/h6,8-16H,7,17H2,1-5H3,(H,31,33)/b13-10+. The number of halogens is 3. The Bertz CT molecular complexity index is 1090. The third kappa shape index (κ3) is 10.9. The summed E-state index contributed by atoms with van der Waals surface area (Å²) < 4.78 is 46.1. The molecule has 0 radical (unpaired) electrons. The number of allylic oxidation sites excluding steroid dienone is 2. The molecule has 0 bridgehead atoms. The van der Waals surface area contributed by atoms with E-state index >= 15 is 0 Å². The number of alkyl halides is 3. The topological polar surface area (TPSA) is 64.6 Å². The Kier molecular flexibility index (Phi) is 9.28. The van der Waals surface area contributed by atoms with Crippen LogP contribution in [0.2, 0.25) is 0 Å². The number of esters is 1. The first-order valence-corrected chi connectivity index (χ1v) is 11.0. The summed E-state index contributed by atoms with van der Waals surface area (Å²) in [6.07, 6.45) is 0.788. The van der Waals surface area contributed by atoms with Gasteiger partial charge in [0, 0.05) is 18.2 Å². The van der Waals surface area contributed by atoms with E-state index in [1.54, 1.807) is 39.0 Å². The van der Waals surface area contributed by atoms with Crippen LogP contribution in [0.4, 0.5) is 13.2 Å². The fourth-order valence-corrected chi connectivity index (χ4v) is 2.98. The summed E-state index contributed by atoms with van der Waals surface area (Å²) in [5.41, 5.74) is 3.06. The van der Waals surface area contributed by atoms with Gasteiger partial charge in [0.25, 0.3) is 5.91 Å². The van der Waals surface area contributed by atoms with Gasteiger partial charge in [-0.1, -0.05) is 29.8 Å². The molecule has 0 unspecified atom stereocenters. The van der Waals surface area contributed by atoms with Crippen molar-refractivity contribution in [2.75, 3.05) is 0 Å². The van der Waals surface area contributed by atoms with Crippen molar-refractivity contribution in [2.45, 2.75) is 59.5 Å².